The number of hydrogen-bond acceptors (Lipinski definition) is 5. The molecule has 3 amide bonds. The van der Waals surface area contributed by atoms with E-state index < -0.39 is 6.04 Å². The molecule has 0 bridgehead atoms. The van der Waals surface area contributed by atoms with Crippen LogP contribution in [0.3, 0.4) is 0 Å². The van der Waals surface area contributed by atoms with Crippen molar-refractivity contribution in [2.75, 3.05) is 22.5 Å². The Hall–Kier alpha value is -3.23. The molecular weight excluding hydrogens is 418 g/mol. The second-order valence-corrected chi connectivity index (χ2v) is 7.95. The molecule has 0 radical (unpaired) electrons. The molecule has 0 unspecified atom stereocenters. The number of benzene rings is 2. The Labute approximate surface area is 195 Å². The van der Waals surface area contributed by atoms with Crippen LogP contribution < -0.4 is 27.4 Å². The van der Waals surface area contributed by atoms with Crippen molar-refractivity contribution in [2.24, 2.45) is 11.5 Å². The van der Waals surface area contributed by atoms with Gasteiger partial charge in [0.15, 0.2) is 0 Å². The molecule has 2 aromatic carbocycles. The highest BCUT2D eigenvalue weighted by Crippen LogP contribution is 2.22. The maximum atomic E-state index is 12.4. The zero-order valence-electron chi connectivity index (χ0n) is 19.0. The molecule has 2 aromatic rings. The third-order valence-electron chi connectivity index (χ3n) is 5.13. The van der Waals surface area contributed by atoms with Gasteiger partial charge in [-0.15, -0.1) is 0 Å². The van der Waals surface area contributed by atoms with Crippen molar-refractivity contribution in [2.45, 2.75) is 57.4 Å². The number of nitrogens with one attached hydrogen (secondary N) is 3. The minimum atomic E-state index is -0.626. The lowest BCUT2D eigenvalue weighted by atomic mass is 10.1. The normalized spacial score (nSPS) is 11.5. The first-order chi connectivity index (χ1) is 16.0. The van der Waals surface area contributed by atoms with Crippen LogP contribution in [0.4, 0.5) is 17.1 Å². The highest BCUT2D eigenvalue weighted by molar-refractivity contribution is 6.01. The number of unbranched alkanes of at least 4 members (excludes halogenated alkanes) is 3. The van der Waals surface area contributed by atoms with Gasteiger partial charge in [0, 0.05) is 18.5 Å². The summed E-state index contributed by atoms with van der Waals surface area (Å²) in [6, 6.07) is 15.7. The van der Waals surface area contributed by atoms with E-state index in [1.807, 2.05) is 30.3 Å². The molecule has 0 spiro atoms. The fourth-order valence-corrected chi connectivity index (χ4v) is 3.27. The van der Waals surface area contributed by atoms with Crippen LogP contribution >= 0.6 is 0 Å². The number of amides is 3. The Morgan fingerprint density at radius 3 is 1.91 bits per heavy atom. The molecule has 0 saturated heterocycles. The summed E-state index contributed by atoms with van der Waals surface area (Å²) in [6.45, 7) is 0.574. The quantitative estimate of drug-likeness (QED) is 0.278. The van der Waals surface area contributed by atoms with Crippen molar-refractivity contribution in [3.05, 3.63) is 54.6 Å². The summed E-state index contributed by atoms with van der Waals surface area (Å²) < 4.78 is 0. The van der Waals surface area contributed by atoms with Crippen molar-refractivity contribution < 1.29 is 14.4 Å². The second kappa shape index (κ2) is 14.8. The minimum absolute atomic E-state index is 0.0310. The first kappa shape index (κ1) is 26.0. The van der Waals surface area contributed by atoms with Gasteiger partial charge in [0.2, 0.25) is 17.7 Å². The van der Waals surface area contributed by atoms with Gasteiger partial charge in [-0.1, -0.05) is 43.2 Å². The molecule has 8 heteroatoms. The number of para-hydroxylation sites is 3. The Morgan fingerprint density at radius 2 is 1.27 bits per heavy atom. The highest BCUT2D eigenvalue weighted by Gasteiger charge is 2.15. The van der Waals surface area contributed by atoms with Gasteiger partial charge in [0.1, 0.15) is 0 Å². The van der Waals surface area contributed by atoms with Gasteiger partial charge in [-0.25, -0.2) is 0 Å². The lowest BCUT2D eigenvalue weighted by Crippen LogP contribution is -2.35. The summed E-state index contributed by atoms with van der Waals surface area (Å²) in [5.74, 6) is -0.461. The lowest BCUT2D eigenvalue weighted by molar-refractivity contribution is -0.118. The van der Waals surface area contributed by atoms with Gasteiger partial charge >= 0.3 is 0 Å². The second-order valence-electron chi connectivity index (χ2n) is 7.95. The third kappa shape index (κ3) is 10.3. The monoisotopic (exact) mass is 453 g/mol. The van der Waals surface area contributed by atoms with Crippen LogP contribution in [0.1, 0.15) is 51.4 Å². The average Bonchev–Trinajstić information content (AvgIpc) is 2.80. The summed E-state index contributed by atoms with van der Waals surface area (Å²) in [5, 5.41) is 8.50. The number of nitrogens with two attached hydrogens (primary N) is 2. The van der Waals surface area contributed by atoms with Crippen LogP contribution in [0.15, 0.2) is 54.6 Å². The van der Waals surface area contributed by atoms with Crippen LogP contribution in [0.25, 0.3) is 0 Å². The predicted octanol–water partition coefficient (Wildman–Crippen LogP) is 3.61. The number of anilines is 3. The number of rotatable bonds is 14. The Balaban J connectivity index is 1.70. The van der Waals surface area contributed by atoms with Gasteiger partial charge in [0.05, 0.1) is 17.4 Å². The molecule has 0 aliphatic carbocycles. The smallest absolute Gasteiger partial charge is 0.241 e. The van der Waals surface area contributed by atoms with E-state index in [0.717, 1.165) is 24.9 Å². The first-order valence-electron chi connectivity index (χ1n) is 11.5. The molecular formula is C25H35N5O3. The molecule has 2 rings (SSSR count). The van der Waals surface area contributed by atoms with E-state index in [9.17, 15) is 14.4 Å². The number of hydrogen-bond donors (Lipinski definition) is 5. The molecule has 0 fully saturated rings. The zero-order valence-corrected chi connectivity index (χ0v) is 19.0. The Bertz CT molecular complexity index is 889. The lowest BCUT2D eigenvalue weighted by Gasteiger charge is -2.15. The molecule has 8 nitrogen and oxygen atoms in total. The molecule has 178 valence electrons. The molecule has 0 heterocycles. The fraction of sp³-hybridized carbons (Fsp3) is 0.400. The Morgan fingerprint density at radius 1 is 0.697 bits per heavy atom. The van der Waals surface area contributed by atoms with Crippen molar-refractivity contribution in [1.29, 1.82) is 0 Å². The van der Waals surface area contributed by atoms with Gasteiger partial charge < -0.3 is 27.4 Å². The maximum absolute atomic E-state index is 12.4. The third-order valence-corrected chi connectivity index (χ3v) is 5.13. The average molecular weight is 454 g/mol. The predicted molar refractivity (Wildman–Crippen MR) is 133 cm³/mol. The largest absolute Gasteiger partial charge is 0.330 e. The summed E-state index contributed by atoms with van der Waals surface area (Å²) in [4.78, 5) is 36.7. The Kier molecular flexibility index (Phi) is 11.6. The van der Waals surface area contributed by atoms with Crippen molar-refractivity contribution in [1.82, 2.24) is 0 Å². The van der Waals surface area contributed by atoms with E-state index in [1.54, 1.807) is 24.3 Å². The van der Waals surface area contributed by atoms with Gasteiger partial charge in [-0.2, -0.15) is 0 Å². The number of carbonyl (C=O) groups is 3. The van der Waals surface area contributed by atoms with Crippen molar-refractivity contribution in [3.8, 4) is 0 Å². The van der Waals surface area contributed by atoms with E-state index in [1.165, 1.54) is 0 Å². The van der Waals surface area contributed by atoms with Crippen LogP contribution in [0.5, 0.6) is 0 Å². The SMILES string of the molecule is NCCCC[C@H](N)C(=O)Nc1ccccc1NC(=O)CCCCCC(=O)Nc1ccccc1. The van der Waals surface area contributed by atoms with Crippen LogP contribution in [-0.4, -0.2) is 30.3 Å². The molecule has 0 saturated carbocycles. The van der Waals surface area contributed by atoms with E-state index in [4.69, 9.17) is 11.5 Å². The summed E-state index contributed by atoms with van der Waals surface area (Å²) >= 11 is 0. The molecule has 0 aliphatic rings. The molecule has 33 heavy (non-hydrogen) atoms. The topological polar surface area (TPSA) is 139 Å². The summed E-state index contributed by atoms with van der Waals surface area (Å²) in [7, 11) is 0. The molecule has 1 atom stereocenters. The zero-order chi connectivity index (χ0) is 23.9. The molecule has 0 aliphatic heterocycles. The first-order valence-corrected chi connectivity index (χ1v) is 11.5. The van der Waals surface area contributed by atoms with Crippen LogP contribution in [0, 0.1) is 0 Å². The molecule has 0 aromatic heterocycles. The van der Waals surface area contributed by atoms with Gasteiger partial charge in [0.25, 0.3) is 0 Å². The van der Waals surface area contributed by atoms with E-state index >= 15 is 0 Å². The number of carbonyl (C=O) groups excluding carboxylic acids is 3. The summed E-state index contributed by atoms with van der Waals surface area (Å²) in [6.07, 6.45) is 5.07. The molecule has 7 N–H and O–H groups in total. The fourth-order valence-electron chi connectivity index (χ4n) is 3.27. The van der Waals surface area contributed by atoms with Crippen molar-refractivity contribution in [3.63, 3.8) is 0 Å². The summed E-state index contributed by atoms with van der Waals surface area (Å²) in [5.41, 5.74) is 13.3. The van der Waals surface area contributed by atoms with E-state index in [2.05, 4.69) is 16.0 Å². The van der Waals surface area contributed by atoms with E-state index in [-0.39, 0.29) is 17.7 Å². The standard InChI is InChI=1S/C25H35N5O3/c26-18-10-9-13-20(27)25(33)30-22-15-8-7-14-21(22)29-24(32)17-6-2-5-16-23(31)28-19-11-3-1-4-12-19/h1,3-4,7-8,11-12,14-15,20H,2,5-6,9-10,13,16-18,26-27H2,(H,28,31)(H,29,32)(H,30,33)/t20-/m0/s1. The highest BCUT2D eigenvalue weighted by atomic mass is 16.2. The maximum Gasteiger partial charge on any atom is 0.241 e. The van der Waals surface area contributed by atoms with Gasteiger partial charge in [-0.05, 0) is 56.5 Å². The van der Waals surface area contributed by atoms with Crippen molar-refractivity contribution >= 4 is 34.8 Å². The van der Waals surface area contributed by atoms with Crippen LogP contribution in [-0.2, 0) is 14.4 Å². The van der Waals surface area contributed by atoms with Gasteiger partial charge in [-0.3, -0.25) is 14.4 Å². The van der Waals surface area contributed by atoms with Crippen LogP contribution in [0.2, 0.25) is 0 Å². The van der Waals surface area contributed by atoms with E-state index in [0.29, 0.717) is 50.0 Å². The minimum Gasteiger partial charge on any atom is -0.330 e.